The molecule has 0 aliphatic heterocycles. The molecule has 0 aliphatic rings. The van der Waals surface area contributed by atoms with Crippen LogP contribution in [-0.4, -0.2) is 11.1 Å². The molecule has 2 rings (SSSR count). The van der Waals surface area contributed by atoms with Gasteiger partial charge in [0.15, 0.2) is 0 Å². The van der Waals surface area contributed by atoms with E-state index in [-0.39, 0.29) is 5.57 Å². The molecular formula is C25H18N2O2. The number of hydrogen-bond donors (Lipinski definition) is 1. The topological polar surface area (TPSA) is 84.9 Å². The van der Waals surface area contributed by atoms with Gasteiger partial charge in [0.2, 0.25) is 0 Å². The predicted octanol–water partition coefficient (Wildman–Crippen LogP) is 5.32. The number of carboxylic acids is 1. The first-order valence-corrected chi connectivity index (χ1v) is 8.76. The van der Waals surface area contributed by atoms with Gasteiger partial charge in [-0.3, -0.25) is 0 Å². The summed E-state index contributed by atoms with van der Waals surface area (Å²) in [6.45, 7) is 0. The van der Waals surface area contributed by atoms with Gasteiger partial charge in [-0.25, -0.2) is 4.79 Å². The summed E-state index contributed by atoms with van der Waals surface area (Å²) in [4.78, 5) is 10.8. The van der Waals surface area contributed by atoms with Gasteiger partial charge in [-0.05, 0) is 34.9 Å². The van der Waals surface area contributed by atoms with Gasteiger partial charge in [-0.2, -0.15) is 10.5 Å². The third kappa shape index (κ3) is 7.38. The molecule has 2 aromatic carbocycles. The van der Waals surface area contributed by atoms with E-state index in [1.54, 1.807) is 12.2 Å². The van der Waals surface area contributed by atoms with Gasteiger partial charge in [0, 0.05) is 6.08 Å². The summed E-state index contributed by atoms with van der Waals surface area (Å²) >= 11 is 0. The predicted molar refractivity (Wildman–Crippen MR) is 114 cm³/mol. The Balaban J connectivity index is 2.51. The van der Waals surface area contributed by atoms with Crippen molar-refractivity contribution >= 4 is 18.1 Å². The maximum absolute atomic E-state index is 10.8. The Hall–Kier alpha value is -4.41. The van der Waals surface area contributed by atoms with Crippen LogP contribution in [0.4, 0.5) is 0 Å². The Morgan fingerprint density at radius 3 is 1.79 bits per heavy atom. The molecule has 4 nitrogen and oxygen atoms in total. The van der Waals surface area contributed by atoms with Crippen molar-refractivity contribution in [3.8, 4) is 12.1 Å². The number of carbonyl (C=O) groups is 1. The van der Waals surface area contributed by atoms with Crippen molar-refractivity contribution in [2.75, 3.05) is 0 Å². The maximum atomic E-state index is 10.8. The fraction of sp³-hybridized carbons (Fsp3) is 0. The first-order chi connectivity index (χ1) is 14.1. The van der Waals surface area contributed by atoms with Crippen molar-refractivity contribution < 1.29 is 9.90 Å². The molecule has 29 heavy (non-hydrogen) atoms. The normalized spacial score (nSPS) is 12.7. The number of allylic oxidation sites excluding steroid dienone is 7. The largest absolute Gasteiger partial charge is 0.478 e. The average molecular weight is 378 g/mol. The van der Waals surface area contributed by atoms with E-state index in [1.165, 1.54) is 12.2 Å². The highest BCUT2D eigenvalue weighted by molar-refractivity contribution is 5.80. The zero-order valence-corrected chi connectivity index (χ0v) is 15.6. The molecule has 0 bridgehead atoms. The number of nitriles is 2. The number of nitrogens with zero attached hydrogens (tertiary/aromatic N) is 2. The van der Waals surface area contributed by atoms with Crippen molar-refractivity contribution in [1.29, 1.82) is 10.5 Å². The summed E-state index contributed by atoms with van der Waals surface area (Å²) in [6, 6.07) is 23.2. The fourth-order valence-electron chi connectivity index (χ4n) is 2.35. The van der Waals surface area contributed by atoms with Crippen molar-refractivity contribution in [1.82, 2.24) is 0 Å². The molecule has 0 aromatic heterocycles. The molecule has 0 atom stereocenters. The molecule has 0 fully saturated rings. The van der Waals surface area contributed by atoms with Crippen LogP contribution in [0.3, 0.4) is 0 Å². The second-order valence-corrected chi connectivity index (χ2v) is 5.85. The Kier molecular flexibility index (Phi) is 8.17. The first-order valence-electron chi connectivity index (χ1n) is 8.76. The minimum Gasteiger partial charge on any atom is -0.478 e. The smallest absolute Gasteiger partial charge is 0.328 e. The zero-order valence-electron chi connectivity index (χ0n) is 15.6. The summed E-state index contributed by atoms with van der Waals surface area (Å²) in [6.07, 6.45) is 10.6. The molecule has 0 amide bonds. The SMILES string of the molecule is N#CC(C=CC(=O)O)=CC(C=Cc1ccccc1)=C(C#N)C=Cc1ccccc1. The second-order valence-electron chi connectivity index (χ2n) is 5.85. The summed E-state index contributed by atoms with van der Waals surface area (Å²) in [5.74, 6) is -1.15. The van der Waals surface area contributed by atoms with E-state index in [1.807, 2.05) is 78.9 Å². The van der Waals surface area contributed by atoms with E-state index in [4.69, 9.17) is 5.11 Å². The third-order valence-electron chi connectivity index (χ3n) is 3.77. The Labute approximate surface area is 170 Å². The minimum absolute atomic E-state index is 0.126. The van der Waals surface area contributed by atoms with E-state index in [9.17, 15) is 15.3 Å². The summed E-state index contributed by atoms with van der Waals surface area (Å²) in [5.41, 5.74) is 2.83. The Morgan fingerprint density at radius 2 is 1.31 bits per heavy atom. The molecule has 0 radical (unpaired) electrons. The van der Waals surface area contributed by atoms with Gasteiger partial charge in [0.05, 0.1) is 23.3 Å². The molecule has 0 heterocycles. The monoisotopic (exact) mass is 378 g/mol. The summed E-state index contributed by atoms with van der Waals surface area (Å²) in [7, 11) is 0. The molecule has 0 aliphatic carbocycles. The number of rotatable bonds is 7. The molecule has 0 unspecified atom stereocenters. The van der Waals surface area contributed by atoms with Crippen LogP contribution >= 0.6 is 0 Å². The average Bonchev–Trinajstić information content (AvgIpc) is 2.76. The van der Waals surface area contributed by atoms with Gasteiger partial charge < -0.3 is 5.11 Å². The number of carboxylic acid groups (broad SMARTS) is 1. The molecule has 4 heteroatoms. The zero-order chi connectivity index (χ0) is 20.9. The van der Waals surface area contributed by atoms with Crippen LogP contribution in [0.25, 0.3) is 12.2 Å². The quantitative estimate of drug-likeness (QED) is 0.401. The van der Waals surface area contributed by atoms with Crippen LogP contribution in [0.15, 0.2) is 108 Å². The first kappa shape index (κ1) is 20.9. The van der Waals surface area contributed by atoms with Crippen molar-refractivity contribution in [2.45, 2.75) is 0 Å². The van der Waals surface area contributed by atoms with Gasteiger partial charge in [-0.15, -0.1) is 0 Å². The standard InChI is InChI=1S/C25H18N2O2/c26-18-22(13-16-25(28)29)17-23(14-11-20-7-3-1-4-8-20)24(19-27)15-12-21-9-5-2-6-10-21/h1-17H,(H,28,29). The lowest BCUT2D eigenvalue weighted by atomic mass is 10.0. The summed E-state index contributed by atoms with van der Waals surface area (Å²) < 4.78 is 0. The minimum atomic E-state index is -1.15. The Morgan fingerprint density at radius 1 is 0.759 bits per heavy atom. The molecular weight excluding hydrogens is 360 g/mol. The van der Waals surface area contributed by atoms with Crippen LogP contribution in [0.2, 0.25) is 0 Å². The molecule has 0 saturated heterocycles. The van der Waals surface area contributed by atoms with E-state index < -0.39 is 5.97 Å². The highest BCUT2D eigenvalue weighted by atomic mass is 16.4. The maximum Gasteiger partial charge on any atom is 0.328 e. The lowest BCUT2D eigenvalue weighted by Crippen LogP contribution is -1.88. The van der Waals surface area contributed by atoms with E-state index in [0.717, 1.165) is 17.2 Å². The molecule has 2 aromatic rings. The third-order valence-corrected chi connectivity index (χ3v) is 3.77. The number of aliphatic carboxylic acids is 1. The van der Waals surface area contributed by atoms with Gasteiger partial charge >= 0.3 is 5.97 Å². The molecule has 140 valence electrons. The highest BCUT2D eigenvalue weighted by Gasteiger charge is 2.02. The van der Waals surface area contributed by atoms with Crippen LogP contribution in [-0.2, 0) is 4.79 Å². The molecule has 0 spiro atoms. The summed E-state index contributed by atoms with van der Waals surface area (Å²) in [5, 5.41) is 27.8. The van der Waals surface area contributed by atoms with Crippen molar-refractivity contribution in [2.24, 2.45) is 0 Å². The van der Waals surface area contributed by atoms with Crippen LogP contribution in [0.5, 0.6) is 0 Å². The van der Waals surface area contributed by atoms with E-state index >= 15 is 0 Å². The van der Waals surface area contributed by atoms with Crippen molar-refractivity contribution in [3.63, 3.8) is 0 Å². The molecule has 1 N–H and O–H groups in total. The Bertz CT molecular complexity index is 1080. The van der Waals surface area contributed by atoms with Crippen LogP contribution < -0.4 is 0 Å². The van der Waals surface area contributed by atoms with E-state index in [2.05, 4.69) is 6.07 Å². The lowest BCUT2D eigenvalue weighted by Gasteiger charge is -2.00. The molecule has 0 saturated carbocycles. The fourth-order valence-corrected chi connectivity index (χ4v) is 2.35. The van der Waals surface area contributed by atoms with Crippen molar-refractivity contribution in [3.05, 3.63) is 119 Å². The highest BCUT2D eigenvalue weighted by Crippen LogP contribution is 2.16. The van der Waals surface area contributed by atoms with Crippen LogP contribution in [0, 0.1) is 22.7 Å². The van der Waals surface area contributed by atoms with Crippen LogP contribution in [0.1, 0.15) is 11.1 Å². The van der Waals surface area contributed by atoms with Gasteiger partial charge in [0.25, 0.3) is 0 Å². The second kappa shape index (κ2) is 11.3. The number of benzene rings is 2. The lowest BCUT2D eigenvalue weighted by molar-refractivity contribution is -0.131. The van der Waals surface area contributed by atoms with E-state index in [0.29, 0.717) is 11.1 Å². The number of hydrogen-bond acceptors (Lipinski definition) is 3. The van der Waals surface area contributed by atoms with Gasteiger partial charge in [-0.1, -0.05) is 78.9 Å². The van der Waals surface area contributed by atoms with Gasteiger partial charge in [0.1, 0.15) is 0 Å².